The van der Waals surface area contributed by atoms with E-state index in [1.165, 1.54) is 41.0 Å². The molecular weight excluding hydrogens is 473 g/mol. The van der Waals surface area contributed by atoms with Crippen molar-refractivity contribution in [1.29, 1.82) is 0 Å². The number of aryl methyl sites for hydroxylation is 1. The molecule has 3 heterocycles. The quantitative estimate of drug-likeness (QED) is 0.316. The predicted molar refractivity (Wildman–Crippen MR) is 125 cm³/mol. The molecule has 0 saturated heterocycles. The van der Waals surface area contributed by atoms with E-state index in [0.717, 1.165) is 22.3 Å². The van der Waals surface area contributed by atoms with Crippen LogP contribution in [0.25, 0.3) is 10.6 Å². The fourth-order valence-electron chi connectivity index (χ4n) is 2.77. The van der Waals surface area contributed by atoms with Gasteiger partial charge >= 0.3 is 0 Å². The van der Waals surface area contributed by atoms with Gasteiger partial charge in [0.15, 0.2) is 5.13 Å². The van der Waals surface area contributed by atoms with Crippen LogP contribution in [0.15, 0.2) is 41.9 Å². The summed E-state index contributed by atoms with van der Waals surface area (Å²) < 4.78 is 13.9. The molecule has 164 valence electrons. The van der Waals surface area contributed by atoms with E-state index >= 15 is 0 Å². The molecule has 0 aliphatic carbocycles. The van der Waals surface area contributed by atoms with Gasteiger partial charge in [0.1, 0.15) is 22.7 Å². The molecule has 7 nitrogen and oxygen atoms in total. The first-order valence-electron chi connectivity index (χ1n) is 9.41. The Labute approximate surface area is 196 Å². The Morgan fingerprint density at radius 2 is 2.06 bits per heavy atom. The minimum atomic E-state index is -0.625. The van der Waals surface area contributed by atoms with Crippen molar-refractivity contribution in [3.63, 3.8) is 0 Å². The molecule has 0 spiro atoms. The molecule has 4 aromatic rings. The van der Waals surface area contributed by atoms with Crippen LogP contribution >= 0.6 is 34.3 Å². The third kappa shape index (κ3) is 4.94. The lowest BCUT2D eigenvalue weighted by atomic mass is 10.2. The number of hydrogen-bond acceptors (Lipinski definition) is 8. The summed E-state index contributed by atoms with van der Waals surface area (Å²) in [6, 6.07) is 7.23. The maximum atomic E-state index is 13.9. The number of amides is 1. The van der Waals surface area contributed by atoms with Gasteiger partial charge in [-0.25, -0.2) is 19.3 Å². The number of aromatic nitrogens is 3. The van der Waals surface area contributed by atoms with E-state index in [-0.39, 0.29) is 16.3 Å². The van der Waals surface area contributed by atoms with Gasteiger partial charge < -0.3 is 15.7 Å². The molecule has 0 aliphatic rings. The van der Waals surface area contributed by atoms with Gasteiger partial charge in [0.05, 0.1) is 27.5 Å². The highest BCUT2D eigenvalue weighted by Gasteiger charge is 2.16. The Morgan fingerprint density at radius 1 is 1.25 bits per heavy atom. The van der Waals surface area contributed by atoms with Crippen LogP contribution in [0.2, 0.25) is 5.02 Å². The molecule has 0 fully saturated rings. The lowest BCUT2D eigenvalue weighted by Crippen LogP contribution is -2.13. The molecule has 0 radical (unpaired) electrons. The highest BCUT2D eigenvalue weighted by molar-refractivity contribution is 7.17. The number of carbonyl (C=O) groups is 1. The van der Waals surface area contributed by atoms with Crippen LogP contribution in [0, 0.1) is 12.7 Å². The van der Waals surface area contributed by atoms with Gasteiger partial charge in [-0.3, -0.25) is 4.79 Å². The molecule has 1 unspecified atom stereocenters. The zero-order valence-corrected chi connectivity index (χ0v) is 19.3. The number of halogens is 2. The molecule has 11 heteroatoms. The summed E-state index contributed by atoms with van der Waals surface area (Å²) in [5.74, 6) is -0.601. The summed E-state index contributed by atoms with van der Waals surface area (Å²) in [7, 11) is 0. The van der Waals surface area contributed by atoms with Gasteiger partial charge in [-0.2, -0.15) is 0 Å². The lowest BCUT2D eigenvalue weighted by Gasteiger charge is -2.07. The van der Waals surface area contributed by atoms with Crippen LogP contribution in [-0.4, -0.2) is 26.0 Å². The van der Waals surface area contributed by atoms with Gasteiger partial charge in [0.25, 0.3) is 5.91 Å². The summed E-state index contributed by atoms with van der Waals surface area (Å²) in [5.41, 5.74) is 1.89. The Balaban J connectivity index is 1.43. The number of nitrogens with zero attached hydrogens (tertiary/aromatic N) is 3. The van der Waals surface area contributed by atoms with Gasteiger partial charge in [0.2, 0.25) is 0 Å². The third-order valence-corrected chi connectivity index (χ3v) is 6.69. The number of anilines is 3. The molecule has 1 aromatic carbocycles. The molecule has 0 bridgehead atoms. The summed E-state index contributed by atoms with van der Waals surface area (Å²) in [5, 5.41) is 18.7. The lowest BCUT2D eigenvalue weighted by molar-refractivity contribution is 0.102. The Hall–Kier alpha value is -2.92. The Bertz CT molecular complexity index is 1270. The van der Waals surface area contributed by atoms with Crippen molar-refractivity contribution in [2.24, 2.45) is 0 Å². The van der Waals surface area contributed by atoms with Crippen LogP contribution in [-0.2, 0) is 0 Å². The first-order chi connectivity index (χ1) is 15.3. The van der Waals surface area contributed by atoms with Crippen molar-refractivity contribution in [3.8, 4) is 10.6 Å². The summed E-state index contributed by atoms with van der Waals surface area (Å²) >= 11 is 8.54. The van der Waals surface area contributed by atoms with Crippen molar-refractivity contribution < 1.29 is 14.3 Å². The van der Waals surface area contributed by atoms with E-state index in [9.17, 15) is 14.3 Å². The van der Waals surface area contributed by atoms with E-state index in [1.807, 2.05) is 12.3 Å². The number of nitrogens with one attached hydrogen (secondary N) is 2. The van der Waals surface area contributed by atoms with Gasteiger partial charge in [-0.15, -0.1) is 22.7 Å². The maximum Gasteiger partial charge on any atom is 0.257 e. The minimum absolute atomic E-state index is 0.0361. The molecule has 0 saturated carbocycles. The molecule has 4 rings (SSSR count). The monoisotopic (exact) mass is 489 g/mol. The average Bonchev–Trinajstić information content (AvgIpc) is 3.37. The van der Waals surface area contributed by atoms with E-state index in [2.05, 4.69) is 25.6 Å². The largest absolute Gasteiger partial charge is 0.386 e. The number of rotatable bonds is 6. The summed E-state index contributed by atoms with van der Waals surface area (Å²) in [6.45, 7) is 3.56. The number of pyridine rings is 1. The van der Waals surface area contributed by atoms with E-state index in [0.29, 0.717) is 16.0 Å². The Morgan fingerprint density at radius 3 is 2.72 bits per heavy atom. The number of hydrogen-bond donors (Lipinski definition) is 3. The van der Waals surface area contributed by atoms with E-state index in [4.69, 9.17) is 11.6 Å². The van der Waals surface area contributed by atoms with Crippen molar-refractivity contribution in [1.82, 2.24) is 15.0 Å². The van der Waals surface area contributed by atoms with Crippen molar-refractivity contribution in [3.05, 3.63) is 69.0 Å². The average molecular weight is 490 g/mol. The van der Waals surface area contributed by atoms with Crippen LogP contribution < -0.4 is 10.6 Å². The minimum Gasteiger partial charge on any atom is -0.386 e. The first-order valence-corrected chi connectivity index (χ1v) is 11.5. The second kappa shape index (κ2) is 9.29. The van der Waals surface area contributed by atoms with Crippen molar-refractivity contribution in [2.75, 3.05) is 10.6 Å². The molecule has 3 aromatic heterocycles. The number of aliphatic hydroxyl groups is 1. The smallest absolute Gasteiger partial charge is 0.257 e. The predicted octanol–water partition coefficient (Wildman–Crippen LogP) is 5.81. The van der Waals surface area contributed by atoms with Gasteiger partial charge in [0, 0.05) is 16.6 Å². The zero-order chi connectivity index (χ0) is 22.8. The van der Waals surface area contributed by atoms with Crippen molar-refractivity contribution >= 4 is 56.8 Å². The van der Waals surface area contributed by atoms with Crippen LogP contribution in [0.3, 0.4) is 0 Å². The normalized spacial score (nSPS) is 11.9. The topological polar surface area (TPSA) is 100 Å². The van der Waals surface area contributed by atoms with Crippen LogP contribution in [0.4, 0.5) is 21.0 Å². The van der Waals surface area contributed by atoms with E-state index in [1.54, 1.807) is 19.1 Å². The standard InChI is InChI=1S/C21H17ClFN5O2S2/c1-10-18(32-20(25-10)11(2)29)16-9-31-21(27-16)28-17-6-3-12(8-24-17)19(30)26-15-5-4-13(22)7-14(15)23/h3-9,11,29H,1-2H3,(H,26,30)(H,24,27,28). The number of carbonyl (C=O) groups excluding carboxylic acids is 1. The molecule has 3 N–H and O–H groups in total. The summed E-state index contributed by atoms with van der Waals surface area (Å²) in [4.78, 5) is 26.4. The first kappa shape index (κ1) is 22.3. The van der Waals surface area contributed by atoms with Crippen LogP contribution in [0.1, 0.15) is 34.1 Å². The zero-order valence-electron chi connectivity index (χ0n) is 16.9. The fourth-order valence-corrected chi connectivity index (χ4v) is 4.67. The summed E-state index contributed by atoms with van der Waals surface area (Å²) in [6.07, 6.45) is 0.766. The molecular formula is C21H17ClFN5O2S2. The molecule has 32 heavy (non-hydrogen) atoms. The van der Waals surface area contributed by atoms with Crippen molar-refractivity contribution in [2.45, 2.75) is 20.0 Å². The second-order valence-electron chi connectivity index (χ2n) is 6.82. The third-order valence-electron chi connectivity index (χ3n) is 4.35. The van der Waals surface area contributed by atoms with Gasteiger partial charge in [-0.05, 0) is 44.2 Å². The fraction of sp³-hybridized carbons (Fsp3) is 0.143. The molecule has 1 atom stereocenters. The molecule has 0 aliphatic heterocycles. The SMILES string of the molecule is Cc1nc(C(C)O)sc1-c1csc(Nc2ccc(C(=O)Nc3ccc(Cl)cc3F)cn2)n1. The second-order valence-corrected chi connectivity index (χ2v) is 9.14. The highest BCUT2D eigenvalue weighted by Crippen LogP contribution is 2.34. The van der Waals surface area contributed by atoms with Gasteiger partial charge in [-0.1, -0.05) is 11.6 Å². The number of aliphatic hydroxyl groups excluding tert-OH is 1. The van der Waals surface area contributed by atoms with E-state index < -0.39 is 17.8 Å². The number of benzene rings is 1. The molecule has 1 amide bonds. The maximum absolute atomic E-state index is 13.9. The number of thiazole rings is 2. The van der Waals surface area contributed by atoms with Crippen LogP contribution in [0.5, 0.6) is 0 Å². The Kier molecular flexibility index (Phi) is 6.47. The highest BCUT2D eigenvalue weighted by atomic mass is 35.5.